The summed E-state index contributed by atoms with van der Waals surface area (Å²) in [4.78, 5) is 2.49. The maximum Gasteiger partial charge on any atom is 0.0383 e. The predicted molar refractivity (Wildman–Crippen MR) is 80.3 cm³/mol. The summed E-state index contributed by atoms with van der Waals surface area (Å²) in [5.74, 6) is 0.696. The molecule has 98 valence electrons. The van der Waals surface area contributed by atoms with Crippen LogP contribution in [0.5, 0.6) is 0 Å². The first-order chi connectivity index (χ1) is 9.36. The van der Waals surface area contributed by atoms with Crippen molar-refractivity contribution in [2.45, 2.75) is 25.6 Å². The highest BCUT2D eigenvalue weighted by Gasteiger charge is 2.24. The van der Waals surface area contributed by atoms with E-state index in [9.17, 15) is 0 Å². The molecular formula is C17H18ClN. The maximum absolute atomic E-state index is 6.17. The van der Waals surface area contributed by atoms with Gasteiger partial charge >= 0.3 is 0 Å². The van der Waals surface area contributed by atoms with Crippen LogP contribution < -0.4 is 0 Å². The molecule has 1 atom stereocenters. The van der Waals surface area contributed by atoms with Crippen molar-refractivity contribution < 1.29 is 0 Å². The van der Waals surface area contributed by atoms with Crippen molar-refractivity contribution in [3.63, 3.8) is 0 Å². The van der Waals surface area contributed by atoms with Gasteiger partial charge in [-0.3, -0.25) is 4.90 Å². The Balaban J connectivity index is 1.81. The maximum atomic E-state index is 6.17. The van der Waals surface area contributed by atoms with E-state index in [-0.39, 0.29) is 0 Å². The normalized spacial score (nSPS) is 19.1. The predicted octanol–water partition coefficient (Wildman–Crippen LogP) is 3.85. The summed E-state index contributed by atoms with van der Waals surface area (Å²) in [5, 5.41) is 0. The molecule has 1 heterocycles. The van der Waals surface area contributed by atoms with Gasteiger partial charge in [-0.05, 0) is 23.1 Å². The third-order valence-electron chi connectivity index (χ3n) is 3.87. The first kappa shape index (κ1) is 12.7. The van der Waals surface area contributed by atoms with Crippen molar-refractivity contribution in [1.82, 2.24) is 4.90 Å². The molecule has 0 amide bonds. The molecule has 1 aliphatic rings. The lowest BCUT2D eigenvalue weighted by Crippen LogP contribution is -2.41. The largest absolute Gasteiger partial charge is 0.290 e. The first-order valence-corrected chi connectivity index (χ1v) is 7.31. The molecule has 0 saturated carbocycles. The van der Waals surface area contributed by atoms with Gasteiger partial charge in [0.05, 0.1) is 0 Å². The number of benzene rings is 2. The van der Waals surface area contributed by atoms with Gasteiger partial charge in [0.2, 0.25) is 0 Å². The molecule has 2 aromatic rings. The van der Waals surface area contributed by atoms with E-state index in [1.54, 1.807) is 0 Å². The molecule has 2 aromatic carbocycles. The van der Waals surface area contributed by atoms with Gasteiger partial charge in [-0.25, -0.2) is 0 Å². The van der Waals surface area contributed by atoms with Crippen LogP contribution in [0.3, 0.4) is 0 Å². The molecule has 1 unspecified atom stereocenters. The van der Waals surface area contributed by atoms with Crippen LogP contribution in [-0.4, -0.2) is 16.8 Å². The third kappa shape index (κ3) is 2.83. The summed E-state index contributed by atoms with van der Waals surface area (Å²) in [6.07, 6.45) is 1.06. The number of halogens is 1. The van der Waals surface area contributed by atoms with Crippen molar-refractivity contribution in [2.24, 2.45) is 0 Å². The minimum Gasteiger partial charge on any atom is -0.290 e. The van der Waals surface area contributed by atoms with Crippen LogP contribution in [0.2, 0.25) is 0 Å². The average molecular weight is 272 g/mol. The van der Waals surface area contributed by atoms with Gasteiger partial charge in [-0.2, -0.15) is 0 Å². The lowest BCUT2D eigenvalue weighted by atomic mass is 9.94. The second-order valence-corrected chi connectivity index (χ2v) is 5.48. The zero-order chi connectivity index (χ0) is 13.1. The summed E-state index contributed by atoms with van der Waals surface area (Å²) >= 11 is 6.17. The highest BCUT2D eigenvalue weighted by molar-refractivity contribution is 6.18. The number of hydrogen-bond donors (Lipinski definition) is 0. The van der Waals surface area contributed by atoms with E-state index in [0.717, 1.165) is 19.5 Å². The first-order valence-electron chi connectivity index (χ1n) is 6.77. The number of alkyl halides is 1. The van der Waals surface area contributed by atoms with Crippen LogP contribution in [0.1, 0.15) is 16.7 Å². The molecule has 0 spiro atoms. The molecule has 1 aliphatic heterocycles. The van der Waals surface area contributed by atoms with Crippen molar-refractivity contribution in [3.05, 3.63) is 71.3 Å². The standard InChI is InChI=1S/C17H18ClN/c18-11-17-10-15-8-4-5-9-16(15)13-19(17)12-14-6-2-1-3-7-14/h1-9,17H,10-13H2. The Morgan fingerprint density at radius 1 is 0.947 bits per heavy atom. The Morgan fingerprint density at radius 2 is 1.63 bits per heavy atom. The molecule has 0 bridgehead atoms. The Kier molecular flexibility index (Phi) is 3.86. The van der Waals surface area contributed by atoms with Gasteiger partial charge in [0.25, 0.3) is 0 Å². The molecule has 2 heteroatoms. The molecule has 0 saturated heterocycles. The molecule has 0 radical (unpaired) electrons. The van der Waals surface area contributed by atoms with Crippen molar-refractivity contribution >= 4 is 11.6 Å². The van der Waals surface area contributed by atoms with Crippen LogP contribution in [0.15, 0.2) is 54.6 Å². The minimum absolute atomic E-state index is 0.441. The summed E-state index contributed by atoms with van der Waals surface area (Å²) in [7, 11) is 0. The summed E-state index contributed by atoms with van der Waals surface area (Å²) in [5.41, 5.74) is 4.26. The number of fused-ring (bicyclic) bond motifs is 1. The summed E-state index contributed by atoms with van der Waals surface area (Å²) < 4.78 is 0. The fraction of sp³-hybridized carbons (Fsp3) is 0.294. The Morgan fingerprint density at radius 3 is 2.37 bits per heavy atom. The molecule has 1 nitrogen and oxygen atoms in total. The van der Waals surface area contributed by atoms with Gasteiger partial charge in [-0.1, -0.05) is 54.6 Å². The van der Waals surface area contributed by atoms with Crippen molar-refractivity contribution in [3.8, 4) is 0 Å². The number of nitrogens with zero attached hydrogens (tertiary/aromatic N) is 1. The zero-order valence-corrected chi connectivity index (χ0v) is 11.7. The van der Waals surface area contributed by atoms with Crippen LogP contribution in [0, 0.1) is 0 Å². The fourth-order valence-corrected chi connectivity index (χ4v) is 3.10. The number of rotatable bonds is 3. The average Bonchev–Trinajstić information content (AvgIpc) is 2.47. The Bertz CT molecular complexity index is 538. The van der Waals surface area contributed by atoms with E-state index in [2.05, 4.69) is 59.5 Å². The van der Waals surface area contributed by atoms with Gasteiger partial charge in [0.15, 0.2) is 0 Å². The Labute approximate surface area is 119 Å². The topological polar surface area (TPSA) is 3.24 Å². The quantitative estimate of drug-likeness (QED) is 0.767. The Hall–Kier alpha value is -1.31. The summed E-state index contributed by atoms with van der Waals surface area (Å²) in [6, 6.07) is 19.8. The lowest BCUT2D eigenvalue weighted by Gasteiger charge is -2.36. The molecule has 0 fully saturated rings. The molecular weight excluding hydrogens is 254 g/mol. The minimum atomic E-state index is 0.441. The monoisotopic (exact) mass is 271 g/mol. The van der Waals surface area contributed by atoms with Gasteiger partial charge in [-0.15, -0.1) is 11.6 Å². The van der Waals surface area contributed by atoms with Crippen molar-refractivity contribution in [2.75, 3.05) is 5.88 Å². The summed E-state index contributed by atoms with van der Waals surface area (Å²) in [6.45, 7) is 1.98. The molecule has 0 N–H and O–H groups in total. The second kappa shape index (κ2) is 5.77. The molecule has 0 aliphatic carbocycles. The SMILES string of the molecule is ClCC1Cc2ccccc2CN1Cc1ccccc1. The van der Waals surface area contributed by atoms with E-state index in [1.165, 1.54) is 16.7 Å². The van der Waals surface area contributed by atoms with E-state index >= 15 is 0 Å². The van der Waals surface area contributed by atoms with E-state index < -0.39 is 0 Å². The lowest BCUT2D eigenvalue weighted by molar-refractivity contribution is 0.177. The van der Waals surface area contributed by atoms with Gasteiger partial charge < -0.3 is 0 Å². The van der Waals surface area contributed by atoms with Gasteiger partial charge in [0.1, 0.15) is 0 Å². The number of hydrogen-bond acceptors (Lipinski definition) is 1. The van der Waals surface area contributed by atoms with Crippen LogP contribution in [0.25, 0.3) is 0 Å². The molecule has 19 heavy (non-hydrogen) atoms. The second-order valence-electron chi connectivity index (χ2n) is 5.17. The smallest absolute Gasteiger partial charge is 0.0383 e. The molecule has 3 rings (SSSR count). The van der Waals surface area contributed by atoms with E-state index in [1.807, 2.05) is 0 Å². The highest BCUT2D eigenvalue weighted by atomic mass is 35.5. The van der Waals surface area contributed by atoms with Gasteiger partial charge in [0, 0.05) is 25.0 Å². The van der Waals surface area contributed by atoms with Crippen LogP contribution in [0.4, 0.5) is 0 Å². The fourth-order valence-electron chi connectivity index (χ4n) is 2.80. The third-order valence-corrected chi connectivity index (χ3v) is 4.23. The highest BCUT2D eigenvalue weighted by Crippen LogP contribution is 2.25. The van der Waals surface area contributed by atoms with Crippen LogP contribution >= 0.6 is 11.6 Å². The zero-order valence-electron chi connectivity index (χ0n) is 10.9. The van der Waals surface area contributed by atoms with E-state index in [0.29, 0.717) is 11.9 Å². The van der Waals surface area contributed by atoms with Crippen LogP contribution in [-0.2, 0) is 19.5 Å². The van der Waals surface area contributed by atoms with Crippen molar-refractivity contribution in [1.29, 1.82) is 0 Å². The molecule has 0 aromatic heterocycles. The van der Waals surface area contributed by atoms with E-state index in [4.69, 9.17) is 11.6 Å².